The fourth-order valence-corrected chi connectivity index (χ4v) is 1.01. The van der Waals surface area contributed by atoms with Crippen LogP contribution >= 0.6 is 11.6 Å². The van der Waals surface area contributed by atoms with E-state index < -0.39 is 4.92 Å². The summed E-state index contributed by atoms with van der Waals surface area (Å²) in [6, 6.07) is 3.02. The monoisotopic (exact) mass is 212 g/mol. The molecule has 0 atom stereocenters. The molecule has 0 aliphatic rings. The van der Waals surface area contributed by atoms with Gasteiger partial charge in [-0.2, -0.15) is 0 Å². The molecule has 14 heavy (non-hydrogen) atoms. The molecule has 0 unspecified atom stereocenters. The largest absolute Gasteiger partial charge is 0.363 e. The summed E-state index contributed by atoms with van der Waals surface area (Å²) >= 11 is 5.48. The summed E-state index contributed by atoms with van der Waals surface area (Å²) in [5.74, 6) is 0.427. The average Bonchev–Trinajstić information content (AvgIpc) is 2.19. The first kappa shape index (κ1) is 10.7. The van der Waals surface area contributed by atoms with E-state index in [0.717, 1.165) is 12.0 Å². The molecular weight excluding hydrogens is 204 g/mol. The van der Waals surface area contributed by atoms with Crippen molar-refractivity contribution in [2.24, 2.45) is 0 Å². The number of rotatable bonds is 4. The maximum atomic E-state index is 10.3. The number of alkyl halides is 1. The van der Waals surface area contributed by atoms with Crippen molar-refractivity contribution in [3.05, 3.63) is 40.1 Å². The van der Waals surface area contributed by atoms with Crippen LogP contribution in [0, 0.1) is 10.1 Å². The Bertz CT molecular complexity index is 335. The number of pyridine rings is 1. The van der Waals surface area contributed by atoms with Crippen molar-refractivity contribution in [2.45, 2.75) is 6.42 Å². The average molecular weight is 213 g/mol. The van der Waals surface area contributed by atoms with E-state index in [1.54, 1.807) is 6.07 Å². The molecule has 0 aliphatic heterocycles. The third-order valence-corrected chi connectivity index (χ3v) is 1.76. The second-order valence-electron chi connectivity index (χ2n) is 2.59. The van der Waals surface area contributed by atoms with Crippen molar-refractivity contribution < 1.29 is 4.92 Å². The van der Waals surface area contributed by atoms with Gasteiger partial charge in [0.15, 0.2) is 0 Å². The smallest absolute Gasteiger partial charge is 0.358 e. The molecule has 0 radical (unpaired) electrons. The van der Waals surface area contributed by atoms with E-state index in [1.165, 1.54) is 12.3 Å². The standard InChI is InChI=1S/C9H9ClN2O2/c10-6-2-1-3-8-4-5-9(11-7-8)12(13)14/h1,3-5,7H,2,6H2. The van der Waals surface area contributed by atoms with E-state index in [-0.39, 0.29) is 5.82 Å². The Morgan fingerprint density at radius 1 is 1.57 bits per heavy atom. The topological polar surface area (TPSA) is 56.0 Å². The van der Waals surface area contributed by atoms with Crippen molar-refractivity contribution in [1.82, 2.24) is 4.98 Å². The SMILES string of the molecule is O=[N+]([O-])c1ccc(C=CCCCl)cn1. The van der Waals surface area contributed by atoms with Crippen molar-refractivity contribution in [3.8, 4) is 0 Å². The number of hydrogen-bond acceptors (Lipinski definition) is 3. The van der Waals surface area contributed by atoms with Crippen LogP contribution in [0.5, 0.6) is 0 Å². The fourth-order valence-electron chi connectivity index (χ4n) is 0.886. The highest BCUT2D eigenvalue weighted by Crippen LogP contribution is 2.08. The van der Waals surface area contributed by atoms with E-state index >= 15 is 0 Å². The minimum Gasteiger partial charge on any atom is -0.358 e. The molecular formula is C9H9ClN2O2. The molecule has 0 aliphatic carbocycles. The third kappa shape index (κ3) is 3.14. The van der Waals surface area contributed by atoms with E-state index in [1.807, 2.05) is 12.2 Å². The van der Waals surface area contributed by atoms with Gasteiger partial charge in [-0.05, 0) is 22.4 Å². The molecule has 4 nitrogen and oxygen atoms in total. The normalized spacial score (nSPS) is 10.6. The highest BCUT2D eigenvalue weighted by molar-refractivity contribution is 6.17. The number of hydrogen-bond donors (Lipinski definition) is 0. The van der Waals surface area contributed by atoms with Crippen molar-refractivity contribution in [3.63, 3.8) is 0 Å². The van der Waals surface area contributed by atoms with Gasteiger partial charge in [-0.3, -0.25) is 0 Å². The van der Waals surface area contributed by atoms with Crippen molar-refractivity contribution in [1.29, 1.82) is 0 Å². The minimum atomic E-state index is -0.522. The molecule has 0 N–H and O–H groups in total. The first-order chi connectivity index (χ1) is 6.74. The van der Waals surface area contributed by atoms with Gasteiger partial charge in [-0.1, -0.05) is 12.2 Å². The van der Waals surface area contributed by atoms with Crippen LogP contribution in [-0.2, 0) is 0 Å². The Balaban J connectivity index is 2.68. The van der Waals surface area contributed by atoms with Gasteiger partial charge in [-0.15, -0.1) is 11.6 Å². The second-order valence-corrected chi connectivity index (χ2v) is 2.96. The van der Waals surface area contributed by atoms with E-state index in [4.69, 9.17) is 11.6 Å². The first-order valence-electron chi connectivity index (χ1n) is 4.07. The zero-order valence-electron chi connectivity index (χ0n) is 7.39. The van der Waals surface area contributed by atoms with Gasteiger partial charge in [0.1, 0.15) is 6.20 Å². The summed E-state index contributed by atoms with van der Waals surface area (Å²) in [5.41, 5.74) is 0.834. The van der Waals surface area contributed by atoms with E-state index in [0.29, 0.717) is 5.88 Å². The summed E-state index contributed by atoms with van der Waals surface area (Å²) in [6.07, 6.45) is 5.97. The Labute approximate surface area is 86.4 Å². The van der Waals surface area contributed by atoms with Gasteiger partial charge in [0, 0.05) is 17.5 Å². The minimum absolute atomic E-state index is 0.139. The summed E-state index contributed by atoms with van der Waals surface area (Å²) in [7, 11) is 0. The van der Waals surface area contributed by atoms with Gasteiger partial charge >= 0.3 is 5.82 Å². The lowest BCUT2D eigenvalue weighted by Gasteiger charge is -1.91. The van der Waals surface area contributed by atoms with E-state index in [9.17, 15) is 10.1 Å². The van der Waals surface area contributed by atoms with Gasteiger partial charge in [0.05, 0.1) is 0 Å². The number of halogens is 1. The first-order valence-corrected chi connectivity index (χ1v) is 4.60. The molecule has 0 bridgehead atoms. The summed E-state index contributed by atoms with van der Waals surface area (Å²) in [5, 5.41) is 10.3. The third-order valence-electron chi connectivity index (χ3n) is 1.54. The van der Waals surface area contributed by atoms with Crippen LogP contribution < -0.4 is 0 Å². The highest BCUT2D eigenvalue weighted by Gasteiger charge is 2.03. The Morgan fingerprint density at radius 2 is 2.36 bits per heavy atom. The Morgan fingerprint density at radius 3 is 2.86 bits per heavy atom. The van der Waals surface area contributed by atoms with Crippen LogP contribution in [0.1, 0.15) is 12.0 Å². The van der Waals surface area contributed by atoms with Gasteiger partial charge in [-0.25, -0.2) is 0 Å². The Kier molecular flexibility index (Phi) is 4.07. The molecule has 74 valence electrons. The maximum Gasteiger partial charge on any atom is 0.363 e. The van der Waals surface area contributed by atoms with Crippen LogP contribution in [0.15, 0.2) is 24.4 Å². The molecule has 5 heteroatoms. The van der Waals surface area contributed by atoms with Crippen LogP contribution in [0.2, 0.25) is 0 Å². The lowest BCUT2D eigenvalue weighted by Crippen LogP contribution is -1.90. The van der Waals surface area contributed by atoms with Crippen LogP contribution in [-0.4, -0.2) is 15.8 Å². The zero-order chi connectivity index (χ0) is 10.4. The quantitative estimate of drug-likeness (QED) is 0.438. The molecule has 1 aromatic heterocycles. The summed E-state index contributed by atoms with van der Waals surface area (Å²) in [4.78, 5) is 13.4. The molecule has 0 saturated heterocycles. The molecule has 1 heterocycles. The molecule has 1 aromatic rings. The van der Waals surface area contributed by atoms with Crippen molar-refractivity contribution in [2.75, 3.05) is 5.88 Å². The molecule has 1 rings (SSSR count). The number of nitro groups is 1. The summed E-state index contributed by atoms with van der Waals surface area (Å²) in [6.45, 7) is 0. The summed E-state index contributed by atoms with van der Waals surface area (Å²) < 4.78 is 0. The lowest BCUT2D eigenvalue weighted by atomic mass is 10.2. The Hall–Kier alpha value is -1.42. The molecule has 0 saturated carbocycles. The second kappa shape index (κ2) is 5.34. The number of nitrogens with zero attached hydrogens (tertiary/aromatic N) is 2. The highest BCUT2D eigenvalue weighted by atomic mass is 35.5. The molecule has 0 spiro atoms. The van der Waals surface area contributed by atoms with Crippen LogP contribution in [0.4, 0.5) is 5.82 Å². The predicted octanol–water partition coefficient (Wildman–Crippen LogP) is 2.63. The van der Waals surface area contributed by atoms with E-state index in [2.05, 4.69) is 4.98 Å². The number of allylic oxidation sites excluding steroid dienone is 1. The molecule has 0 fully saturated rings. The fraction of sp³-hybridized carbons (Fsp3) is 0.222. The molecule has 0 aromatic carbocycles. The number of aromatic nitrogens is 1. The van der Waals surface area contributed by atoms with Crippen LogP contribution in [0.3, 0.4) is 0 Å². The maximum absolute atomic E-state index is 10.3. The predicted molar refractivity (Wildman–Crippen MR) is 55.3 cm³/mol. The van der Waals surface area contributed by atoms with Crippen molar-refractivity contribution >= 4 is 23.5 Å². The van der Waals surface area contributed by atoms with Crippen LogP contribution in [0.25, 0.3) is 6.08 Å². The lowest BCUT2D eigenvalue weighted by molar-refractivity contribution is -0.389. The van der Waals surface area contributed by atoms with Gasteiger partial charge < -0.3 is 10.1 Å². The van der Waals surface area contributed by atoms with Gasteiger partial charge in [0.25, 0.3) is 0 Å². The molecule has 0 amide bonds. The zero-order valence-corrected chi connectivity index (χ0v) is 8.15. The van der Waals surface area contributed by atoms with Gasteiger partial charge in [0.2, 0.25) is 0 Å².